The Hall–Kier alpha value is -3.22. The van der Waals surface area contributed by atoms with E-state index >= 15 is 0 Å². The highest BCUT2D eigenvalue weighted by atomic mass is 19.1. The molecule has 0 bridgehead atoms. The van der Waals surface area contributed by atoms with Crippen LogP contribution in [0.3, 0.4) is 0 Å². The van der Waals surface area contributed by atoms with Crippen LogP contribution >= 0.6 is 0 Å². The molecule has 27 heavy (non-hydrogen) atoms. The van der Waals surface area contributed by atoms with Crippen molar-refractivity contribution in [3.8, 4) is 5.75 Å². The lowest BCUT2D eigenvalue weighted by molar-refractivity contribution is 0.242. The molecule has 0 atom stereocenters. The molecule has 0 saturated carbocycles. The van der Waals surface area contributed by atoms with Gasteiger partial charge < -0.3 is 15.4 Å². The normalized spacial score (nSPS) is 10.7. The molecule has 2 N–H and O–H groups in total. The van der Waals surface area contributed by atoms with Gasteiger partial charge in [-0.1, -0.05) is 0 Å². The monoisotopic (exact) mass is 370 g/mol. The number of aromatic nitrogens is 2. The molecular weight excluding hydrogens is 350 g/mol. The summed E-state index contributed by atoms with van der Waals surface area (Å²) >= 11 is 0. The molecular formula is C20H20F2N4O. The number of hydrogen-bond donors (Lipinski definition) is 2. The van der Waals surface area contributed by atoms with E-state index in [1.54, 1.807) is 13.0 Å². The van der Waals surface area contributed by atoms with Crippen molar-refractivity contribution in [2.75, 3.05) is 10.6 Å². The van der Waals surface area contributed by atoms with Crippen LogP contribution in [0.5, 0.6) is 5.75 Å². The minimum atomic E-state index is -0.713. The third kappa shape index (κ3) is 5.13. The van der Waals surface area contributed by atoms with Crippen molar-refractivity contribution in [3.05, 3.63) is 65.9 Å². The fourth-order valence-corrected chi connectivity index (χ4v) is 2.44. The Morgan fingerprint density at radius 1 is 0.926 bits per heavy atom. The summed E-state index contributed by atoms with van der Waals surface area (Å²) in [5, 5.41) is 5.95. The van der Waals surface area contributed by atoms with Crippen molar-refractivity contribution in [2.24, 2.45) is 0 Å². The van der Waals surface area contributed by atoms with Gasteiger partial charge in [-0.2, -0.15) is 4.98 Å². The number of rotatable bonds is 6. The molecule has 0 saturated heterocycles. The van der Waals surface area contributed by atoms with Gasteiger partial charge in [-0.3, -0.25) is 0 Å². The van der Waals surface area contributed by atoms with Gasteiger partial charge in [-0.15, -0.1) is 0 Å². The summed E-state index contributed by atoms with van der Waals surface area (Å²) in [5.74, 6) is 0.183. The average molecular weight is 370 g/mol. The number of aryl methyl sites for hydroxylation is 1. The Bertz CT molecular complexity index is 930. The Morgan fingerprint density at radius 3 is 2.33 bits per heavy atom. The van der Waals surface area contributed by atoms with E-state index in [1.807, 2.05) is 38.1 Å². The van der Waals surface area contributed by atoms with Crippen LogP contribution in [0.4, 0.5) is 31.9 Å². The fraction of sp³-hybridized carbons (Fsp3) is 0.200. The number of nitrogens with one attached hydrogen (secondary N) is 2. The molecule has 0 aliphatic heterocycles. The first-order chi connectivity index (χ1) is 12.9. The number of anilines is 4. The van der Waals surface area contributed by atoms with Crippen LogP contribution in [0.25, 0.3) is 0 Å². The number of benzene rings is 2. The standard InChI is InChI=1S/C20H20F2N4O/c1-12(2)27-16-7-5-15(6-8-16)24-19-10-13(3)23-20(26-19)25-18-9-4-14(21)11-17(18)22/h4-12H,1-3H3,(H2,23,24,25,26). The first-order valence-corrected chi connectivity index (χ1v) is 8.50. The predicted molar refractivity (Wildman–Crippen MR) is 102 cm³/mol. The van der Waals surface area contributed by atoms with Crippen molar-refractivity contribution < 1.29 is 13.5 Å². The molecule has 0 amide bonds. The zero-order valence-electron chi connectivity index (χ0n) is 15.3. The van der Waals surface area contributed by atoms with Gasteiger partial charge in [0.15, 0.2) is 0 Å². The largest absolute Gasteiger partial charge is 0.491 e. The molecule has 0 radical (unpaired) electrons. The summed E-state index contributed by atoms with van der Waals surface area (Å²) in [6, 6.07) is 12.5. The zero-order chi connectivity index (χ0) is 19.4. The molecule has 0 spiro atoms. The Balaban J connectivity index is 1.77. The zero-order valence-corrected chi connectivity index (χ0v) is 15.3. The van der Waals surface area contributed by atoms with Gasteiger partial charge in [0, 0.05) is 23.5 Å². The second-order valence-corrected chi connectivity index (χ2v) is 6.28. The molecule has 0 unspecified atom stereocenters. The lowest BCUT2D eigenvalue weighted by Crippen LogP contribution is -2.05. The molecule has 0 fully saturated rings. The van der Waals surface area contributed by atoms with Crippen LogP contribution in [-0.4, -0.2) is 16.1 Å². The van der Waals surface area contributed by atoms with E-state index in [4.69, 9.17) is 4.74 Å². The number of nitrogens with zero attached hydrogens (tertiary/aromatic N) is 2. The first kappa shape index (κ1) is 18.6. The molecule has 3 rings (SSSR count). The van der Waals surface area contributed by atoms with Crippen LogP contribution in [0.2, 0.25) is 0 Å². The van der Waals surface area contributed by atoms with Gasteiger partial charge >= 0.3 is 0 Å². The molecule has 3 aromatic rings. The summed E-state index contributed by atoms with van der Waals surface area (Å²) in [4.78, 5) is 8.57. The summed E-state index contributed by atoms with van der Waals surface area (Å²) in [5.41, 5.74) is 1.61. The van der Waals surface area contributed by atoms with Gasteiger partial charge in [0.05, 0.1) is 11.8 Å². The maximum Gasteiger partial charge on any atom is 0.229 e. The van der Waals surface area contributed by atoms with Crippen molar-refractivity contribution in [2.45, 2.75) is 26.9 Å². The predicted octanol–water partition coefficient (Wildman–Crippen LogP) is 5.34. The lowest BCUT2D eigenvalue weighted by atomic mass is 10.3. The smallest absolute Gasteiger partial charge is 0.229 e. The number of halogens is 2. The minimum absolute atomic E-state index is 0.100. The second kappa shape index (κ2) is 7.99. The van der Waals surface area contributed by atoms with E-state index in [1.165, 1.54) is 12.1 Å². The van der Waals surface area contributed by atoms with Crippen molar-refractivity contribution in [1.82, 2.24) is 9.97 Å². The van der Waals surface area contributed by atoms with Crippen LogP contribution < -0.4 is 15.4 Å². The third-order valence-electron chi connectivity index (χ3n) is 3.53. The molecule has 5 nitrogen and oxygen atoms in total. The van der Waals surface area contributed by atoms with E-state index in [2.05, 4.69) is 20.6 Å². The summed E-state index contributed by atoms with van der Waals surface area (Å²) in [6.07, 6.45) is 0.105. The van der Waals surface area contributed by atoms with Crippen LogP contribution in [0.1, 0.15) is 19.5 Å². The summed E-state index contributed by atoms with van der Waals surface area (Å²) in [7, 11) is 0. The van der Waals surface area contributed by atoms with E-state index in [9.17, 15) is 8.78 Å². The summed E-state index contributed by atoms with van der Waals surface area (Å²) in [6.45, 7) is 5.74. The fourth-order valence-electron chi connectivity index (χ4n) is 2.44. The van der Waals surface area contributed by atoms with Crippen molar-refractivity contribution in [3.63, 3.8) is 0 Å². The Labute approximate surface area is 156 Å². The van der Waals surface area contributed by atoms with Gasteiger partial charge in [0.25, 0.3) is 0 Å². The van der Waals surface area contributed by atoms with Crippen LogP contribution in [0, 0.1) is 18.6 Å². The second-order valence-electron chi connectivity index (χ2n) is 6.28. The van der Waals surface area contributed by atoms with Gasteiger partial charge in [-0.25, -0.2) is 13.8 Å². The highest BCUT2D eigenvalue weighted by Gasteiger charge is 2.08. The van der Waals surface area contributed by atoms with E-state index in [-0.39, 0.29) is 17.7 Å². The molecule has 0 aliphatic carbocycles. The van der Waals surface area contributed by atoms with Gasteiger partial charge in [-0.05, 0) is 57.2 Å². The third-order valence-corrected chi connectivity index (χ3v) is 3.53. The van der Waals surface area contributed by atoms with Gasteiger partial charge in [0.2, 0.25) is 5.95 Å². The highest BCUT2D eigenvalue weighted by molar-refractivity contribution is 5.61. The number of ether oxygens (including phenoxy) is 1. The van der Waals surface area contributed by atoms with Crippen molar-refractivity contribution >= 4 is 23.1 Å². The Morgan fingerprint density at radius 2 is 1.67 bits per heavy atom. The number of hydrogen-bond acceptors (Lipinski definition) is 5. The quantitative estimate of drug-likeness (QED) is 0.613. The van der Waals surface area contributed by atoms with E-state index in [0.29, 0.717) is 11.5 Å². The molecule has 1 heterocycles. The van der Waals surface area contributed by atoms with E-state index in [0.717, 1.165) is 17.5 Å². The maximum absolute atomic E-state index is 13.8. The van der Waals surface area contributed by atoms with Crippen LogP contribution in [0.15, 0.2) is 48.5 Å². The Kier molecular flexibility index (Phi) is 5.49. The molecule has 140 valence electrons. The summed E-state index contributed by atoms with van der Waals surface area (Å²) < 4.78 is 32.5. The molecule has 1 aromatic heterocycles. The highest BCUT2D eigenvalue weighted by Crippen LogP contribution is 2.23. The minimum Gasteiger partial charge on any atom is -0.491 e. The topological polar surface area (TPSA) is 59.1 Å². The van der Waals surface area contributed by atoms with Crippen molar-refractivity contribution in [1.29, 1.82) is 0 Å². The van der Waals surface area contributed by atoms with Gasteiger partial charge in [0.1, 0.15) is 23.2 Å². The lowest BCUT2D eigenvalue weighted by Gasteiger charge is -2.12. The first-order valence-electron chi connectivity index (χ1n) is 8.50. The van der Waals surface area contributed by atoms with Crippen LogP contribution in [-0.2, 0) is 0 Å². The maximum atomic E-state index is 13.8. The van der Waals surface area contributed by atoms with E-state index < -0.39 is 11.6 Å². The molecule has 7 heteroatoms. The average Bonchev–Trinajstić information content (AvgIpc) is 2.58. The molecule has 2 aromatic carbocycles. The molecule has 0 aliphatic rings. The SMILES string of the molecule is Cc1cc(Nc2ccc(OC(C)C)cc2)nc(Nc2ccc(F)cc2F)n1.